The molecule has 0 radical (unpaired) electrons. The first-order valence-electron chi connectivity index (χ1n) is 7.31. The lowest BCUT2D eigenvalue weighted by Gasteiger charge is -2.11. The molecule has 2 aromatic rings. The Morgan fingerprint density at radius 3 is 2.85 bits per heavy atom. The van der Waals surface area contributed by atoms with E-state index in [1.165, 1.54) is 25.3 Å². The van der Waals surface area contributed by atoms with Crippen LogP contribution in [0.5, 0.6) is 17.4 Å². The van der Waals surface area contributed by atoms with E-state index < -0.39 is 11.8 Å². The van der Waals surface area contributed by atoms with Gasteiger partial charge in [-0.3, -0.25) is 0 Å². The molecule has 0 aliphatic heterocycles. The number of hydrogen-bond donors (Lipinski definition) is 0. The largest absolute Gasteiger partial charge is 0.493 e. The zero-order chi connectivity index (χ0) is 19.1. The second kappa shape index (κ2) is 8.78. The maximum absolute atomic E-state index is 13.7. The number of ether oxygens (including phenoxy) is 3. The van der Waals surface area contributed by atoms with Crippen molar-refractivity contribution in [1.29, 1.82) is 5.26 Å². The fourth-order valence-electron chi connectivity index (χ4n) is 1.88. The van der Waals surface area contributed by atoms with E-state index in [0.29, 0.717) is 5.56 Å². The van der Waals surface area contributed by atoms with Gasteiger partial charge in [-0.15, -0.1) is 0 Å². The summed E-state index contributed by atoms with van der Waals surface area (Å²) in [5, 5.41) is 8.90. The number of carbonyl (C=O) groups is 1. The average molecular weight is 378 g/mol. The van der Waals surface area contributed by atoms with Crippen LogP contribution in [0.3, 0.4) is 0 Å². The highest BCUT2D eigenvalue weighted by molar-refractivity contribution is 6.28. The lowest BCUT2D eigenvalue weighted by atomic mass is 10.1. The minimum absolute atomic E-state index is 0.154. The number of rotatable bonds is 6. The van der Waals surface area contributed by atoms with Crippen LogP contribution in [0.15, 0.2) is 30.0 Å². The minimum atomic E-state index is -0.797. The number of nitrogens with zero attached hydrogens (tertiary/aromatic N) is 3. The highest BCUT2D eigenvalue weighted by Crippen LogP contribution is 2.33. The zero-order valence-corrected chi connectivity index (χ0v) is 14.6. The Morgan fingerprint density at radius 1 is 1.42 bits per heavy atom. The highest BCUT2D eigenvalue weighted by Gasteiger charge is 2.14. The van der Waals surface area contributed by atoms with Crippen LogP contribution < -0.4 is 9.47 Å². The molecule has 0 saturated heterocycles. The highest BCUT2D eigenvalue weighted by atomic mass is 35.5. The van der Waals surface area contributed by atoms with Crippen molar-refractivity contribution >= 4 is 23.6 Å². The van der Waals surface area contributed by atoms with E-state index in [4.69, 9.17) is 31.1 Å². The number of carbonyl (C=O) groups excluding carboxylic acids is 1. The van der Waals surface area contributed by atoms with Gasteiger partial charge in [-0.05, 0) is 42.3 Å². The van der Waals surface area contributed by atoms with Crippen molar-refractivity contribution in [2.24, 2.45) is 0 Å². The molecule has 0 aliphatic rings. The summed E-state index contributed by atoms with van der Waals surface area (Å²) in [5.41, 5.74) is 0.316. The summed E-state index contributed by atoms with van der Waals surface area (Å²) >= 11 is 5.63. The molecule has 0 saturated carbocycles. The number of esters is 1. The molecule has 0 aliphatic carbocycles. The van der Waals surface area contributed by atoms with Gasteiger partial charge in [-0.25, -0.2) is 9.78 Å². The third-order valence-corrected chi connectivity index (χ3v) is 3.19. The summed E-state index contributed by atoms with van der Waals surface area (Å²) in [5.74, 6) is -1.50. The molecule has 0 amide bonds. The van der Waals surface area contributed by atoms with Crippen molar-refractivity contribution in [3.8, 4) is 23.4 Å². The van der Waals surface area contributed by atoms with Gasteiger partial charge in [0, 0.05) is 0 Å². The smallest absolute Gasteiger partial charge is 0.348 e. The summed E-state index contributed by atoms with van der Waals surface area (Å²) in [7, 11) is 1.38. The number of aromatic nitrogens is 2. The summed E-state index contributed by atoms with van der Waals surface area (Å²) in [4.78, 5) is 18.8. The van der Waals surface area contributed by atoms with Crippen LogP contribution in [0.25, 0.3) is 6.08 Å². The molecule has 9 heteroatoms. The molecule has 0 bridgehead atoms. The Morgan fingerprint density at radius 2 is 2.19 bits per heavy atom. The van der Waals surface area contributed by atoms with Gasteiger partial charge in [-0.1, -0.05) is 6.07 Å². The molecule has 0 atom stereocenters. The number of halogens is 2. The SMILES string of the molecule is CCOC(=O)/C(C#N)=C\c1ccc(Oc2nc(Cl)ncc2F)c(OC)c1. The van der Waals surface area contributed by atoms with Crippen LogP contribution >= 0.6 is 11.6 Å². The van der Waals surface area contributed by atoms with Crippen molar-refractivity contribution < 1.29 is 23.4 Å². The van der Waals surface area contributed by atoms with Crippen molar-refractivity contribution in [2.75, 3.05) is 13.7 Å². The first-order chi connectivity index (χ1) is 12.5. The topological polar surface area (TPSA) is 94.3 Å². The molecule has 1 heterocycles. The molecule has 1 aromatic carbocycles. The van der Waals surface area contributed by atoms with E-state index in [9.17, 15) is 9.18 Å². The van der Waals surface area contributed by atoms with E-state index in [0.717, 1.165) is 6.20 Å². The lowest BCUT2D eigenvalue weighted by molar-refractivity contribution is -0.137. The fraction of sp³-hybridized carbons (Fsp3) is 0.176. The van der Waals surface area contributed by atoms with Gasteiger partial charge < -0.3 is 14.2 Å². The Hall–Kier alpha value is -3.18. The Kier molecular flexibility index (Phi) is 6.47. The van der Waals surface area contributed by atoms with Gasteiger partial charge in [0.2, 0.25) is 11.1 Å². The third-order valence-electron chi connectivity index (χ3n) is 3.00. The molecule has 0 unspecified atom stereocenters. The van der Waals surface area contributed by atoms with Gasteiger partial charge in [0.05, 0.1) is 19.9 Å². The van der Waals surface area contributed by atoms with Gasteiger partial charge in [-0.2, -0.15) is 14.6 Å². The Balaban J connectivity index is 2.34. The van der Waals surface area contributed by atoms with Crippen molar-refractivity contribution in [3.63, 3.8) is 0 Å². The van der Waals surface area contributed by atoms with E-state index >= 15 is 0 Å². The summed E-state index contributed by atoms with van der Waals surface area (Å²) in [6.07, 6.45) is 2.22. The van der Waals surface area contributed by atoms with E-state index in [1.807, 2.05) is 0 Å². The van der Waals surface area contributed by atoms with Gasteiger partial charge in [0.15, 0.2) is 11.5 Å². The Bertz CT molecular complexity index is 896. The first kappa shape index (κ1) is 19.1. The molecule has 0 fully saturated rings. The first-order valence-corrected chi connectivity index (χ1v) is 7.69. The van der Waals surface area contributed by atoms with Gasteiger partial charge in [0.25, 0.3) is 5.88 Å². The van der Waals surface area contributed by atoms with Gasteiger partial charge in [0.1, 0.15) is 11.6 Å². The second-order valence-corrected chi connectivity index (χ2v) is 5.03. The monoisotopic (exact) mass is 377 g/mol. The minimum Gasteiger partial charge on any atom is -0.493 e. The lowest BCUT2D eigenvalue weighted by Crippen LogP contribution is -2.06. The molecule has 0 N–H and O–H groups in total. The van der Waals surface area contributed by atoms with Crippen molar-refractivity contribution in [3.05, 3.63) is 46.6 Å². The van der Waals surface area contributed by atoms with Crippen LogP contribution in [0, 0.1) is 17.1 Å². The number of benzene rings is 1. The fourth-order valence-corrected chi connectivity index (χ4v) is 2.00. The van der Waals surface area contributed by atoms with Crippen molar-refractivity contribution in [2.45, 2.75) is 6.92 Å². The average Bonchev–Trinajstić information content (AvgIpc) is 2.63. The summed E-state index contributed by atoms with van der Waals surface area (Å²) in [6.45, 7) is 1.79. The van der Waals surface area contributed by atoms with Crippen LogP contribution in [0.1, 0.15) is 12.5 Å². The Labute approximate surface area is 153 Å². The van der Waals surface area contributed by atoms with E-state index in [-0.39, 0.29) is 34.8 Å². The van der Waals surface area contributed by atoms with Gasteiger partial charge >= 0.3 is 5.97 Å². The maximum atomic E-state index is 13.7. The molecule has 0 spiro atoms. The summed E-state index contributed by atoms with van der Waals surface area (Å²) < 4.78 is 29.1. The van der Waals surface area contributed by atoms with E-state index in [2.05, 4.69) is 9.97 Å². The molecule has 26 heavy (non-hydrogen) atoms. The predicted octanol–water partition coefficient (Wildman–Crippen LogP) is 3.54. The zero-order valence-electron chi connectivity index (χ0n) is 13.8. The number of hydrogen-bond acceptors (Lipinski definition) is 7. The summed E-state index contributed by atoms with van der Waals surface area (Å²) in [6, 6.07) is 6.30. The number of methoxy groups -OCH3 is 1. The third kappa shape index (κ3) is 4.68. The second-order valence-electron chi connectivity index (χ2n) is 4.69. The molecular formula is C17H13ClFN3O4. The van der Waals surface area contributed by atoms with E-state index in [1.54, 1.807) is 19.1 Å². The molecule has 2 rings (SSSR count). The van der Waals surface area contributed by atoms with Crippen LogP contribution in [0.2, 0.25) is 5.28 Å². The molecule has 134 valence electrons. The molecule has 1 aromatic heterocycles. The molecule has 7 nitrogen and oxygen atoms in total. The normalized spacial score (nSPS) is 10.8. The van der Waals surface area contributed by atoms with Crippen LogP contribution in [-0.4, -0.2) is 29.7 Å². The maximum Gasteiger partial charge on any atom is 0.348 e. The van der Waals surface area contributed by atoms with Crippen LogP contribution in [0.4, 0.5) is 4.39 Å². The molecular weight excluding hydrogens is 365 g/mol. The standard InChI is InChI=1S/C17H13ClFN3O4/c1-3-25-16(23)11(8-20)6-10-4-5-13(14(7-10)24-2)26-15-12(19)9-21-17(18)22-15/h4-7,9H,3H2,1-2H3/b11-6-. The quantitative estimate of drug-likeness (QED) is 0.329. The van der Waals surface area contributed by atoms with Crippen LogP contribution in [-0.2, 0) is 9.53 Å². The van der Waals surface area contributed by atoms with Crippen molar-refractivity contribution in [1.82, 2.24) is 9.97 Å². The number of nitriles is 1. The predicted molar refractivity (Wildman–Crippen MR) is 90.3 cm³/mol.